The van der Waals surface area contributed by atoms with Crippen molar-refractivity contribution in [2.45, 2.75) is 57.2 Å². The number of piperidine rings is 1. The van der Waals surface area contributed by atoms with Crippen LogP contribution in [0.1, 0.15) is 46.0 Å². The first-order valence-electron chi connectivity index (χ1n) is 6.24. The van der Waals surface area contributed by atoms with Crippen LogP contribution in [0.5, 0.6) is 0 Å². The summed E-state index contributed by atoms with van der Waals surface area (Å²) in [4.78, 5) is 0. The zero-order chi connectivity index (χ0) is 12.2. The Hall–Kier alpha value is -0.130. The molecule has 2 unspecified atom stereocenters. The van der Waals surface area contributed by atoms with Crippen LogP contribution in [0.4, 0.5) is 0 Å². The van der Waals surface area contributed by atoms with E-state index in [4.69, 9.17) is 5.73 Å². The summed E-state index contributed by atoms with van der Waals surface area (Å²) in [5.41, 5.74) is 5.48. The van der Waals surface area contributed by atoms with Crippen LogP contribution in [0.25, 0.3) is 0 Å². The molecule has 0 saturated carbocycles. The Kier molecular flexibility index (Phi) is 5.21. The molecule has 5 heteroatoms. The maximum atomic E-state index is 12.2. The van der Waals surface area contributed by atoms with Crippen LogP contribution in [0, 0.1) is 0 Å². The van der Waals surface area contributed by atoms with E-state index in [9.17, 15) is 8.42 Å². The summed E-state index contributed by atoms with van der Waals surface area (Å²) >= 11 is 0. The lowest BCUT2D eigenvalue weighted by atomic mass is 10.0. The monoisotopic (exact) mass is 248 g/mol. The van der Waals surface area contributed by atoms with Crippen LogP contribution in [0.2, 0.25) is 0 Å². The molecule has 0 aromatic heterocycles. The fourth-order valence-corrected chi connectivity index (χ4v) is 4.00. The Balaban J connectivity index is 2.82. The molecule has 2 N–H and O–H groups in total. The third kappa shape index (κ3) is 2.96. The second kappa shape index (κ2) is 5.98. The Morgan fingerprint density at radius 1 is 1.44 bits per heavy atom. The molecule has 0 radical (unpaired) electrons. The number of sulfonamides is 1. The van der Waals surface area contributed by atoms with Gasteiger partial charge < -0.3 is 5.73 Å². The Labute approximate surface area is 99.2 Å². The molecule has 0 aliphatic carbocycles. The van der Waals surface area contributed by atoms with Crippen LogP contribution < -0.4 is 5.73 Å². The fraction of sp³-hybridized carbons (Fsp3) is 1.00. The van der Waals surface area contributed by atoms with Crippen molar-refractivity contribution < 1.29 is 8.42 Å². The number of rotatable bonds is 5. The molecule has 0 spiro atoms. The first-order valence-corrected chi connectivity index (χ1v) is 7.75. The van der Waals surface area contributed by atoms with E-state index in [1.54, 1.807) is 11.2 Å². The number of hydrogen-bond donors (Lipinski definition) is 1. The van der Waals surface area contributed by atoms with Gasteiger partial charge in [-0.25, -0.2) is 8.42 Å². The smallest absolute Gasteiger partial charge is 0.218 e. The van der Waals surface area contributed by atoms with Crippen LogP contribution in [-0.2, 0) is 10.0 Å². The van der Waals surface area contributed by atoms with Crippen molar-refractivity contribution in [1.82, 2.24) is 4.31 Å². The molecule has 96 valence electrons. The molecule has 1 heterocycles. The van der Waals surface area contributed by atoms with Gasteiger partial charge in [-0.3, -0.25) is 0 Å². The van der Waals surface area contributed by atoms with Crippen molar-refractivity contribution in [3.8, 4) is 0 Å². The Bertz CT molecular complexity index is 301. The minimum Gasteiger partial charge on any atom is -0.329 e. The van der Waals surface area contributed by atoms with Gasteiger partial charge in [0.1, 0.15) is 0 Å². The summed E-state index contributed by atoms with van der Waals surface area (Å²) < 4.78 is 26.2. The third-order valence-electron chi connectivity index (χ3n) is 3.36. The second-order valence-electron chi connectivity index (χ2n) is 4.64. The van der Waals surface area contributed by atoms with E-state index in [2.05, 4.69) is 6.92 Å². The number of nitrogens with two attached hydrogens (primary N) is 1. The molecule has 1 rings (SSSR count). The van der Waals surface area contributed by atoms with Crippen molar-refractivity contribution in [2.75, 3.05) is 13.1 Å². The summed E-state index contributed by atoms with van der Waals surface area (Å²) in [7, 11) is -3.18. The lowest BCUT2D eigenvalue weighted by Crippen LogP contribution is -2.48. The van der Waals surface area contributed by atoms with Crippen molar-refractivity contribution in [3.63, 3.8) is 0 Å². The highest BCUT2D eigenvalue weighted by molar-refractivity contribution is 7.89. The molecule has 1 aliphatic rings. The van der Waals surface area contributed by atoms with Crippen molar-refractivity contribution in [2.24, 2.45) is 5.73 Å². The average Bonchev–Trinajstić information content (AvgIpc) is 2.29. The number of nitrogens with zero attached hydrogens (tertiary/aromatic N) is 1. The van der Waals surface area contributed by atoms with Gasteiger partial charge in [0.2, 0.25) is 10.0 Å². The average molecular weight is 248 g/mol. The van der Waals surface area contributed by atoms with E-state index in [0.717, 1.165) is 32.1 Å². The van der Waals surface area contributed by atoms with Crippen molar-refractivity contribution in [3.05, 3.63) is 0 Å². The molecular weight excluding hydrogens is 224 g/mol. The van der Waals surface area contributed by atoms with E-state index in [-0.39, 0.29) is 12.6 Å². The van der Waals surface area contributed by atoms with Gasteiger partial charge in [0.25, 0.3) is 0 Å². The van der Waals surface area contributed by atoms with Crippen LogP contribution in [0.15, 0.2) is 0 Å². The van der Waals surface area contributed by atoms with E-state index in [0.29, 0.717) is 6.54 Å². The van der Waals surface area contributed by atoms with Crippen LogP contribution in [-0.4, -0.2) is 37.1 Å². The van der Waals surface area contributed by atoms with Crippen molar-refractivity contribution >= 4 is 10.0 Å². The molecule has 16 heavy (non-hydrogen) atoms. The van der Waals surface area contributed by atoms with Gasteiger partial charge in [0.05, 0.1) is 5.25 Å². The fourth-order valence-electron chi connectivity index (χ4n) is 2.28. The van der Waals surface area contributed by atoms with Gasteiger partial charge in [-0.05, 0) is 26.2 Å². The Morgan fingerprint density at radius 3 is 2.69 bits per heavy atom. The predicted octanol–water partition coefficient (Wildman–Crippen LogP) is 1.32. The number of hydrogen-bond acceptors (Lipinski definition) is 3. The first-order chi connectivity index (χ1) is 7.54. The molecule has 0 amide bonds. The molecular formula is C11H24N2O2S. The van der Waals surface area contributed by atoms with Crippen molar-refractivity contribution in [1.29, 1.82) is 0 Å². The quantitative estimate of drug-likeness (QED) is 0.798. The maximum Gasteiger partial charge on any atom is 0.218 e. The maximum absolute atomic E-state index is 12.2. The zero-order valence-electron chi connectivity index (χ0n) is 10.4. The molecule has 2 atom stereocenters. The molecule has 0 bridgehead atoms. The highest BCUT2D eigenvalue weighted by atomic mass is 32.2. The summed E-state index contributed by atoms with van der Waals surface area (Å²) in [6, 6.07) is 0.206. The molecule has 0 aromatic carbocycles. The normalized spacial score (nSPS) is 25.6. The summed E-state index contributed by atoms with van der Waals surface area (Å²) in [6.07, 6.45) is 5.14. The summed E-state index contributed by atoms with van der Waals surface area (Å²) in [5, 5.41) is -0.454. The standard InChI is InChI=1S/C11H24N2O2S/c1-3-6-11-7-4-5-8-13(11)16(14,15)10(2)9-12/h10-11H,3-9,12H2,1-2H3. The topological polar surface area (TPSA) is 63.4 Å². The molecule has 4 nitrogen and oxygen atoms in total. The third-order valence-corrected chi connectivity index (χ3v) is 5.71. The van der Waals surface area contributed by atoms with Gasteiger partial charge in [-0.2, -0.15) is 4.31 Å². The highest BCUT2D eigenvalue weighted by Gasteiger charge is 2.34. The lowest BCUT2D eigenvalue weighted by molar-refractivity contribution is 0.237. The minimum absolute atomic E-state index is 0.206. The lowest BCUT2D eigenvalue weighted by Gasteiger charge is -2.36. The molecule has 1 fully saturated rings. The van der Waals surface area contributed by atoms with E-state index < -0.39 is 15.3 Å². The minimum atomic E-state index is -3.18. The highest BCUT2D eigenvalue weighted by Crippen LogP contribution is 2.25. The summed E-state index contributed by atoms with van der Waals surface area (Å²) in [6.45, 7) is 4.69. The molecule has 1 aliphatic heterocycles. The van der Waals surface area contributed by atoms with E-state index in [1.165, 1.54) is 0 Å². The largest absolute Gasteiger partial charge is 0.329 e. The predicted molar refractivity (Wildman–Crippen MR) is 66.7 cm³/mol. The Morgan fingerprint density at radius 2 is 2.12 bits per heavy atom. The first kappa shape index (κ1) is 13.9. The SMILES string of the molecule is CCCC1CCCCN1S(=O)(=O)C(C)CN. The van der Waals surface area contributed by atoms with Gasteiger partial charge in [-0.1, -0.05) is 19.8 Å². The second-order valence-corrected chi connectivity index (χ2v) is 6.94. The van der Waals surface area contributed by atoms with Gasteiger partial charge >= 0.3 is 0 Å². The van der Waals surface area contributed by atoms with Crippen LogP contribution >= 0.6 is 0 Å². The molecule has 0 aromatic rings. The van der Waals surface area contributed by atoms with E-state index >= 15 is 0 Å². The zero-order valence-corrected chi connectivity index (χ0v) is 11.2. The molecule has 1 saturated heterocycles. The van der Waals surface area contributed by atoms with Gasteiger partial charge in [0.15, 0.2) is 0 Å². The van der Waals surface area contributed by atoms with Gasteiger partial charge in [0, 0.05) is 19.1 Å². The van der Waals surface area contributed by atoms with E-state index in [1.807, 2.05) is 0 Å². The van der Waals surface area contributed by atoms with Crippen LogP contribution in [0.3, 0.4) is 0 Å². The summed E-state index contributed by atoms with van der Waals surface area (Å²) in [5.74, 6) is 0. The van der Waals surface area contributed by atoms with Gasteiger partial charge in [-0.15, -0.1) is 0 Å².